The van der Waals surface area contributed by atoms with Gasteiger partial charge < -0.3 is 10.2 Å². The maximum Gasteiger partial charge on any atom is 0.303 e. The number of halogens is 1. The van der Waals surface area contributed by atoms with Crippen molar-refractivity contribution in [2.75, 3.05) is 0 Å². The van der Waals surface area contributed by atoms with E-state index in [1.54, 1.807) is 0 Å². The lowest BCUT2D eigenvalue weighted by atomic mass is 9.44. The predicted molar refractivity (Wildman–Crippen MR) is 108 cm³/mol. The van der Waals surface area contributed by atoms with Gasteiger partial charge in [0.1, 0.15) is 6.17 Å². The van der Waals surface area contributed by atoms with Gasteiger partial charge in [-0.3, -0.25) is 4.79 Å². The fourth-order valence-corrected chi connectivity index (χ4v) is 8.68. The predicted octanol–water partition coefficient (Wildman–Crippen LogP) is 5.46. The molecule has 0 aromatic heterocycles. The number of aliphatic hydroxyl groups is 1. The van der Waals surface area contributed by atoms with E-state index in [1.165, 1.54) is 6.42 Å². The van der Waals surface area contributed by atoms with E-state index in [1.807, 2.05) is 0 Å². The van der Waals surface area contributed by atoms with Gasteiger partial charge in [0.15, 0.2) is 0 Å². The van der Waals surface area contributed by atoms with Gasteiger partial charge in [0, 0.05) is 6.42 Å². The highest BCUT2D eigenvalue weighted by molar-refractivity contribution is 5.66. The van der Waals surface area contributed by atoms with Gasteiger partial charge in [-0.1, -0.05) is 20.8 Å². The third-order valence-electron chi connectivity index (χ3n) is 10.2. The number of aliphatic carboxylic acids is 1. The number of carboxylic acid groups (broad SMARTS) is 1. The molecule has 4 aliphatic rings. The summed E-state index contributed by atoms with van der Waals surface area (Å²) < 4.78 is 15.6. The molecule has 2 N–H and O–H groups in total. The van der Waals surface area contributed by atoms with E-state index in [9.17, 15) is 9.90 Å². The first-order valence-corrected chi connectivity index (χ1v) is 11.7. The van der Waals surface area contributed by atoms with Crippen molar-refractivity contribution in [2.45, 2.75) is 97.3 Å². The highest BCUT2D eigenvalue weighted by Crippen LogP contribution is 2.68. The minimum absolute atomic E-state index is 0.167. The second-order valence-electron chi connectivity index (χ2n) is 11.3. The van der Waals surface area contributed by atoms with Crippen LogP contribution < -0.4 is 0 Å². The lowest BCUT2D eigenvalue weighted by Crippen LogP contribution is -2.57. The van der Waals surface area contributed by atoms with E-state index in [-0.39, 0.29) is 29.3 Å². The highest BCUT2D eigenvalue weighted by Gasteiger charge is 2.63. The van der Waals surface area contributed by atoms with Crippen LogP contribution in [0.4, 0.5) is 4.39 Å². The highest BCUT2D eigenvalue weighted by atomic mass is 19.1. The summed E-state index contributed by atoms with van der Waals surface area (Å²) in [5.41, 5.74) is 0.363. The van der Waals surface area contributed by atoms with Crippen LogP contribution in [0.2, 0.25) is 0 Å². The van der Waals surface area contributed by atoms with E-state index >= 15 is 4.39 Å². The SMILES string of the molecule is C[C@H](CCC(=O)O)[C@H]1CCC2C3C(CC[C@@]21C)[C@@]1(C)CC[C@@H](O)C[C@H]1C[C@H]3F. The normalized spacial score (nSPS) is 51.7. The van der Waals surface area contributed by atoms with Crippen LogP contribution in [-0.2, 0) is 4.79 Å². The Morgan fingerprint density at radius 1 is 1.07 bits per heavy atom. The monoisotopic (exact) mass is 394 g/mol. The molecule has 0 aromatic rings. The summed E-state index contributed by atoms with van der Waals surface area (Å²) >= 11 is 0. The molecule has 0 bridgehead atoms. The van der Waals surface area contributed by atoms with Gasteiger partial charge in [0.05, 0.1) is 6.10 Å². The number of hydrogen-bond acceptors (Lipinski definition) is 2. The molecule has 0 saturated heterocycles. The molecular weight excluding hydrogens is 355 g/mol. The largest absolute Gasteiger partial charge is 0.481 e. The van der Waals surface area contributed by atoms with Gasteiger partial charge in [-0.15, -0.1) is 0 Å². The number of carbonyl (C=O) groups is 1. The zero-order valence-electron chi connectivity index (χ0n) is 17.9. The van der Waals surface area contributed by atoms with Crippen molar-refractivity contribution in [1.82, 2.24) is 0 Å². The Labute approximate surface area is 169 Å². The van der Waals surface area contributed by atoms with Crippen molar-refractivity contribution in [3.63, 3.8) is 0 Å². The Kier molecular flexibility index (Phi) is 5.34. The van der Waals surface area contributed by atoms with Crippen LogP contribution in [0, 0.1) is 46.3 Å². The van der Waals surface area contributed by atoms with E-state index in [0.29, 0.717) is 36.0 Å². The van der Waals surface area contributed by atoms with Crippen molar-refractivity contribution in [1.29, 1.82) is 0 Å². The molecule has 4 saturated carbocycles. The Hall–Kier alpha value is -0.640. The lowest BCUT2D eigenvalue weighted by molar-refractivity contribution is -0.157. The molecule has 3 nitrogen and oxygen atoms in total. The average Bonchev–Trinajstić information content (AvgIpc) is 2.98. The van der Waals surface area contributed by atoms with E-state index in [4.69, 9.17) is 5.11 Å². The Morgan fingerprint density at radius 2 is 1.75 bits per heavy atom. The zero-order chi connectivity index (χ0) is 20.3. The second-order valence-corrected chi connectivity index (χ2v) is 11.3. The summed E-state index contributed by atoms with van der Waals surface area (Å²) in [6.45, 7) is 7.02. The third-order valence-corrected chi connectivity index (χ3v) is 10.2. The molecule has 4 aliphatic carbocycles. The smallest absolute Gasteiger partial charge is 0.303 e. The van der Waals surface area contributed by atoms with Crippen LogP contribution in [0.3, 0.4) is 0 Å². The fraction of sp³-hybridized carbons (Fsp3) is 0.958. The first-order chi connectivity index (χ1) is 13.2. The summed E-state index contributed by atoms with van der Waals surface area (Å²) in [5.74, 6) is 1.64. The second kappa shape index (κ2) is 7.25. The van der Waals surface area contributed by atoms with Crippen LogP contribution >= 0.6 is 0 Å². The molecule has 10 atom stereocenters. The number of alkyl halides is 1. The summed E-state index contributed by atoms with van der Waals surface area (Å²) in [6, 6.07) is 0. The van der Waals surface area contributed by atoms with Crippen molar-refractivity contribution in [3.05, 3.63) is 0 Å². The Bertz CT molecular complexity index is 609. The van der Waals surface area contributed by atoms with E-state index in [2.05, 4.69) is 20.8 Å². The van der Waals surface area contributed by atoms with Crippen LogP contribution in [-0.4, -0.2) is 28.5 Å². The maximum atomic E-state index is 15.6. The topological polar surface area (TPSA) is 57.5 Å². The number of fused-ring (bicyclic) bond motifs is 5. The minimum Gasteiger partial charge on any atom is -0.481 e. The molecule has 0 spiro atoms. The number of carboxylic acids is 1. The first kappa shape index (κ1) is 20.6. The molecule has 0 amide bonds. The molecule has 0 radical (unpaired) electrons. The molecule has 160 valence electrons. The van der Waals surface area contributed by atoms with Crippen molar-refractivity contribution >= 4 is 5.97 Å². The molecular formula is C24H39FO3. The summed E-state index contributed by atoms with van der Waals surface area (Å²) in [7, 11) is 0. The van der Waals surface area contributed by atoms with Crippen molar-refractivity contribution in [3.8, 4) is 0 Å². The van der Waals surface area contributed by atoms with Gasteiger partial charge >= 0.3 is 5.97 Å². The standard InChI is InChI=1S/C24H39FO3/c1-14(4-7-21(27)28)17-5-6-18-22-19(9-11-24(17,18)3)23(2)10-8-16(26)12-15(23)13-20(22)25/h14-20,22,26H,4-13H2,1-3H3,(H,27,28)/t14-,15+,16-,17-,18?,19?,20-,22?,23+,24-/m1/s1. The number of rotatable bonds is 4. The summed E-state index contributed by atoms with van der Waals surface area (Å²) in [5, 5.41) is 19.2. The van der Waals surface area contributed by atoms with Crippen molar-refractivity contribution < 1.29 is 19.4 Å². The van der Waals surface area contributed by atoms with Gasteiger partial charge in [0.25, 0.3) is 0 Å². The average molecular weight is 395 g/mol. The number of aliphatic hydroxyl groups excluding tert-OH is 1. The van der Waals surface area contributed by atoms with Gasteiger partial charge in [-0.25, -0.2) is 4.39 Å². The van der Waals surface area contributed by atoms with E-state index < -0.39 is 12.1 Å². The van der Waals surface area contributed by atoms with Gasteiger partial charge in [0.2, 0.25) is 0 Å². The van der Waals surface area contributed by atoms with Crippen LogP contribution in [0.25, 0.3) is 0 Å². The molecule has 0 heterocycles. The molecule has 0 aliphatic heterocycles. The molecule has 4 heteroatoms. The summed E-state index contributed by atoms with van der Waals surface area (Å²) in [4.78, 5) is 11.0. The molecule has 28 heavy (non-hydrogen) atoms. The zero-order valence-corrected chi connectivity index (χ0v) is 17.9. The fourth-order valence-electron chi connectivity index (χ4n) is 8.68. The third kappa shape index (κ3) is 3.13. The number of hydrogen-bond donors (Lipinski definition) is 2. The van der Waals surface area contributed by atoms with Gasteiger partial charge in [-0.05, 0) is 104 Å². The van der Waals surface area contributed by atoms with E-state index in [0.717, 1.165) is 44.9 Å². The minimum atomic E-state index is -0.730. The molecule has 4 rings (SSSR count). The molecule has 0 aromatic carbocycles. The summed E-state index contributed by atoms with van der Waals surface area (Å²) in [6.07, 6.45) is 7.91. The Balaban J connectivity index is 1.55. The lowest BCUT2D eigenvalue weighted by Gasteiger charge is -2.62. The molecule has 3 unspecified atom stereocenters. The first-order valence-electron chi connectivity index (χ1n) is 11.7. The maximum absolute atomic E-state index is 15.6. The van der Waals surface area contributed by atoms with Gasteiger partial charge in [-0.2, -0.15) is 0 Å². The Morgan fingerprint density at radius 3 is 2.46 bits per heavy atom. The quantitative estimate of drug-likeness (QED) is 0.666. The van der Waals surface area contributed by atoms with Crippen LogP contribution in [0.15, 0.2) is 0 Å². The van der Waals surface area contributed by atoms with Crippen LogP contribution in [0.5, 0.6) is 0 Å². The van der Waals surface area contributed by atoms with Crippen LogP contribution in [0.1, 0.15) is 85.0 Å². The van der Waals surface area contributed by atoms with Crippen molar-refractivity contribution in [2.24, 2.45) is 46.3 Å². The molecule has 4 fully saturated rings.